The molecule has 0 saturated carbocycles. The van der Waals surface area contributed by atoms with Gasteiger partial charge in [-0.05, 0) is 32.4 Å². The predicted molar refractivity (Wildman–Crippen MR) is 63.4 cm³/mol. The molecule has 2 aromatic rings. The summed E-state index contributed by atoms with van der Waals surface area (Å²) in [5.41, 5.74) is 2.25. The van der Waals surface area contributed by atoms with E-state index in [4.69, 9.17) is 4.74 Å². The van der Waals surface area contributed by atoms with Crippen molar-refractivity contribution in [3.63, 3.8) is 0 Å². The van der Waals surface area contributed by atoms with Crippen molar-refractivity contribution in [3.8, 4) is 0 Å². The Kier molecular flexibility index (Phi) is 2.75. The van der Waals surface area contributed by atoms with E-state index in [0.29, 0.717) is 23.4 Å². The quantitative estimate of drug-likeness (QED) is 0.799. The van der Waals surface area contributed by atoms with Crippen LogP contribution in [0.15, 0.2) is 16.9 Å². The summed E-state index contributed by atoms with van der Waals surface area (Å²) in [6.45, 7) is 5.62. The molecule has 0 fully saturated rings. The lowest BCUT2D eigenvalue weighted by Crippen LogP contribution is -2.13. The summed E-state index contributed by atoms with van der Waals surface area (Å²) in [5.74, 6) is -0.409. The van der Waals surface area contributed by atoms with Gasteiger partial charge in [0, 0.05) is 11.8 Å². The molecule has 0 saturated heterocycles. The second-order valence-electron chi connectivity index (χ2n) is 3.92. The zero-order valence-electron chi connectivity index (χ0n) is 10.0. The maximum absolute atomic E-state index is 11.8. The molecule has 0 aromatic carbocycles. The van der Waals surface area contributed by atoms with Crippen LogP contribution in [0, 0.1) is 13.8 Å². The molecule has 90 valence electrons. The number of hydrogen-bond donors (Lipinski definition) is 1. The summed E-state index contributed by atoms with van der Waals surface area (Å²) in [5, 5.41) is 2.87. The van der Waals surface area contributed by atoms with E-state index in [1.165, 1.54) is 10.6 Å². The Morgan fingerprint density at radius 1 is 1.41 bits per heavy atom. The normalized spacial score (nSPS) is 10.8. The SMILES string of the molecule is CCOC(=O)c1c(C)[nH]n2c(=O)cc(C)cc12. The molecule has 5 nitrogen and oxygen atoms in total. The van der Waals surface area contributed by atoms with Gasteiger partial charge in [0.05, 0.1) is 12.1 Å². The second-order valence-corrected chi connectivity index (χ2v) is 3.92. The summed E-state index contributed by atoms with van der Waals surface area (Å²) < 4.78 is 6.34. The van der Waals surface area contributed by atoms with Crippen LogP contribution in [0.3, 0.4) is 0 Å². The lowest BCUT2D eigenvalue weighted by Gasteiger charge is -2.01. The Morgan fingerprint density at radius 2 is 2.12 bits per heavy atom. The zero-order valence-corrected chi connectivity index (χ0v) is 10.0. The smallest absolute Gasteiger partial charge is 0.342 e. The second kappa shape index (κ2) is 4.08. The van der Waals surface area contributed by atoms with Gasteiger partial charge in [-0.2, -0.15) is 0 Å². The Hall–Kier alpha value is -2.04. The number of aromatic amines is 1. The Bertz CT molecular complexity index is 637. The molecule has 0 atom stereocenters. The van der Waals surface area contributed by atoms with Crippen LogP contribution >= 0.6 is 0 Å². The third-order valence-corrected chi connectivity index (χ3v) is 2.57. The average Bonchev–Trinajstić information content (AvgIpc) is 2.55. The fourth-order valence-corrected chi connectivity index (χ4v) is 1.88. The number of H-pyrrole nitrogens is 1. The van der Waals surface area contributed by atoms with Crippen LogP contribution in [-0.2, 0) is 4.74 Å². The van der Waals surface area contributed by atoms with Crippen LogP contribution in [0.2, 0.25) is 0 Å². The highest BCUT2D eigenvalue weighted by atomic mass is 16.5. The monoisotopic (exact) mass is 234 g/mol. The van der Waals surface area contributed by atoms with Gasteiger partial charge in [0.2, 0.25) is 0 Å². The summed E-state index contributed by atoms with van der Waals surface area (Å²) in [6, 6.07) is 3.30. The van der Waals surface area contributed by atoms with Crippen molar-refractivity contribution in [3.05, 3.63) is 39.3 Å². The highest BCUT2D eigenvalue weighted by Crippen LogP contribution is 2.16. The van der Waals surface area contributed by atoms with E-state index in [0.717, 1.165) is 5.56 Å². The number of fused-ring (bicyclic) bond motifs is 1. The molecule has 0 aliphatic rings. The van der Waals surface area contributed by atoms with E-state index in [1.807, 2.05) is 6.92 Å². The Balaban J connectivity index is 2.75. The Morgan fingerprint density at radius 3 is 2.76 bits per heavy atom. The van der Waals surface area contributed by atoms with Crippen LogP contribution in [0.25, 0.3) is 5.52 Å². The lowest BCUT2D eigenvalue weighted by atomic mass is 10.2. The molecular formula is C12H14N2O3. The molecule has 0 aliphatic heterocycles. The van der Waals surface area contributed by atoms with Crippen LogP contribution < -0.4 is 5.56 Å². The minimum absolute atomic E-state index is 0.182. The number of carbonyl (C=O) groups excluding carboxylic acids is 1. The summed E-state index contributed by atoms with van der Waals surface area (Å²) >= 11 is 0. The molecule has 0 aliphatic carbocycles. The first-order valence-electron chi connectivity index (χ1n) is 5.43. The van der Waals surface area contributed by atoms with Crippen molar-refractivity contribution in [1.29, 1.82) is 0 Å². The standard InChI is InChI=1S/C12H14N2O3/c1-4-17-12(16)11-8(3)13-14-9(11)5-7(2)6-10(14)15/h5-6,13H,4H2,1-3H3. The third kappa shape index (κ3) is 1.84. The van der Waals surface area contributed by atoms with Gasteiger partial charge in [-0.15, -0.1) is 0 Å². The molecule has 0 spiro atoms. The highest BCUT2D eigenvalue weighted by molar-refractivity contribution is 5.98. The molecule has 0 radical (unpaired) electrons. The number of carbonyl (C=O) groups is 1. The fraction of sp³-hybridized carbons (Fsp3) is 0.333. The van der Waals surface area contributed by atoms with Crippen LogP contribution in [0.1, 0.15) is 28.5 Å². The number of aromatic nitrogens is 2. The van der Waals surface area contributed by atoms with Crippen molar-refractivity contribution >= 4 is 11.5 Å². The van der Waals surface area contributed by atoms with Crippen LogP contribution in [0.5, 0.6) is 0 Å². The summed E-state index contributed by atoms with van der Waals surface area (Å²) in [4.78, 5) is 23.5. The number of aryl methyl sites for hydroxylation is 2. The number of ether oxygens (including phenoxy) is 1. The molecule has 17 heavy (non-hydrogen) atoms. The first kappa shape index (κ1) is 11.4. The lowest BCUT2D eigenvalue weighted by molar-refractivity contribution is 0.0528. The van der Waals surface area contributed by atoms with Gasteiger partial charge in [0.15, 0.2) is 0 Å². The van der Waals surface area contributed by atoms with E-state index >= 15 is 0 Å². The number of hydrogen-bond acceptors (Lipinski definition) is 3. The number of pyridine rings is 1. The van der Waals surface area contributed by atoms with Gasteiger partial charge in [0.1, 0.15) is 5.56 Å². The third-order valence-electron chi connectivity index (χ3n) is 2.57. The largest absolute Gasteiger partial charge is 0.462 e. The van der Waals surface area contributed by atoms with Gasteiger partial charge in [0.25, 0.3) is 5.56 Å². The topological polar surface area (TPSA) is 63.6 Å². The number of nitrogens with zero attached hydrogens (tertiary/aromatic N) is 1. The van der Waals surface area contributed by atoms with E-state index in [1.54, 1.807) is 19.9 Å². The molecule has 5 heteroatoms. The van der Waals surface area contributed by atoms with Gasteiger partial charge >= 0.3 is 5.97 Å². The van der Waals surface area contributed by atoms with E-state index in [-0.39, 0.29) is 5.56 Å². The molecule has 1 N–H and O–H groups in total. The number of nitrogens with one attached hydrogen (secondary N) is 1. The van der Waals surface area contributed by atoms with Crippen molar-refractivity contribution in [2.45, 2.75) is 20.8 Å². The minimum atomic E-state index is -0.409. The van der Waals surface area contributed by atoms with Crippen molar-refractivity contribution < 1.29 is 9.53 Å². The molecule has 2 heterocycles. The first-order valence-corrected chi connectivity index (χ1v) is 5.43. The van der Waals surface area contributed by atoms with E-state index < -0.39 is 5.97 Å². The summed E-state index contributed by atoms with van der Waals surface area (Å²) in [7, 11) is 0. The van der Waals surface area contributed by atoms with Gasteiger partial charge in [-0.1, -0.05) is 0 Å². The summed E-state index contributed by atoms with van der Waals surface area (Å²) in [6.07, 6.45) is 0. The maximum Gasteiger partial charge on any atom is 0.342 e. The Labute approximate surface area is 98.0 Å². The van der Waals surface area contributed by atoms with Gasteiger partial charge in [-0.25, -0.2) is 9.31 Å². The van der Waals surface area contributed by atoms with Gasteiger partial charge < -0.3 is 4.74 Å². The maximum atomic E-state index is 11.8. The van der Waals surface area contributed by atoms with E-state index in [9.17, 15) is 9.59 Å². The number of rotatable bonds is 2. The molecule has 0 bridgehead atoms. The minimum Gasteiger partial charge on any atom is -0.462 e. The van der Waals surface area contributed by atoms with Crippen LogP contribution in [-0.4, -0.2) is 22.2 Å². The van der Waals surface area contributed by atoms with E-state index in [2.05, 4.69) is 5.10 Å². The molecule has 0 unspecified atom stereocenters. The molecule has 2 rings (SSSR count). The number of esters is 1. The van der Waals surface area contributed by atoms with Crippen molar-refractivity contribution in [2.75, 3.05) is 6.61 Å². The zero-order chi connectivity index (χ0) is 12.6. The molecule has 0 amide bonds. The highest BCUT2D eigenvalue weighted by Gasteiger charge is 2.18. The van der Waals surface area contributed by atoms with Crippen molar-refractivity contribution in [1.82, 2.24) is 9.61 Å². The fourth-order valence-electron chi connectivity index (χ4n) is 1.88. The average molecular weight is 234 g/mol. The molecular weight excluding hydrogens is 220 g/mol. The molecule has 2 aromatic heterocycles. The van der Waals surface area contributed by atoms with Crippen LogP contribution in [0.4, 0.5) is 0 Å². The predicted octanol–water partition coefficient (Wildman–Crippen LogP) is 1.42. The first-order chi connectivity index (χ1) is 8.04. The van der Waals surface area contributed by atoms with Gasteiger partial charge in [-0.3, -0.25) is 9.89 Å². The van der Waals surface area contributed by atoms with Crippen molar-refractivity contribution in [2.24, 2.45) is 0 Å².